The minimum Gasteiger partial charge on any atom is -0.487 e. The van der Waals surface area contributed by atoms with Gasteiger partial charge in [0.1, 0.15) is 6.73 Å². The van der Waals surface area contributed by atoms with Gasteiger partial charge < -0.3 is 19.2 Å². The van der Waals surface area contributed by atoms with E-state index in [1.807, 2.05) is 0 Å². The Morgan fingerprint density at radius 3 is 2.65 bits per heavy atom. The summed E-state index contributed by atoms with van der Waals surface area (Å²) in [5.41, 5.74) is 2.78. The number of hydrogen-bond donors (Lipinski definition) is 2. The molecule has 0 unspecified atom stereocenters. The van der Waals surface area contributed by atoms with E-state index in [1.165, 1.54) is 10.7 Å². The molecule has 0 bridgehead atoms. The van der Waals surface area contributed by atoms with Crippen LogP contribution in [-0.4, -0.2) is 52.4 Å². The average molecular weight is 530 g/mol. The lowest BCUT2D eigenvalue weighted by molar-refractivity contribution is -0.0516. The van der Waals surface area contributed by atoms with Crippen molar-refractivity contribution in [1.29, 1.82) is 0 Å². The number of halogens is 2. The Balaban J connectivity index is 1.56. The van der Waals surface area contributed by atoms with Gasteiger partial charge in [0.15, 0.2) is 11.5 Å². The van der Waals surface area contributed by atoms with Crippen molar-refractivity contribution in [2.75, 3.05) is 6.61 Å². The molecule has 4 aromatic rings. The van der Waals surface area contributed by atoms with Crippen molar-refractivity contribution in [3.63, 3.8) is 0 Å². The number of nitrogens with zero attached hydrogens (tertiary/aromatic N) is 3. The molecule has 3 heterocycles. The van der Waals surface area contributed by atoms with Crippen LogP contribution >= 0.6 is 0 Å². The second-order valence-electron chi connectivity index (χ2n) is 10.3. The van der Waals surface area contributed by atoms with E-state index in [-0.39, 0.29) is 29.9 Å². The largest absolute Gasteiger partial charge is 0.487 e. The summed E-state index contributed by atoms with van der Waals surface area (Å²) in [6.45, 7) is 4.42. The maximum Gasteiger partial charge on any atom is 0.387 e. The summed E-state index contributed by atoms with van der Waals surface area (Å²) in [6, 6.07) is 5.73. The molecule has 0 amide bonds. The van der Waals surface area contributed by atoms with Gasteiger partial charge >= 0.3 is 6.61 Å². The highest BCUT2D eigenvalue weighted by Gasteiger charge is 2.27. The Morgan fingerprint density at radius 2 is 1.97 bits per heavy atom. The number of hydrogen-bond acceptors (Lipinski definition) is 6. The number of aromatic amines is 2. The van der Waals surface area contributed by atoms with Crippen LogP contribution in [-0.2, 0) is 11.5 Å². The molecule has 37 heavy (non-hydrogen) atoms. The first-order valence-electron chi connectivity index (χ1n) is 12.1. The molecule has 0 aliphatic heterocycles. The van der Waals surface area contributed by atoms with E-state index in [4.69, 9.17) is 9.47 Å². The zero-order valence-corrected chi connectivity index (χ0v) is 21.9. The van der Waals surface area contributed by atoms with Crippen molar-refractivity contribution >= 4 is 19.0 Å². The van der Waals surface area contributed by atoms with Crippen LogP contribution in [0.5, 0.6) is 11.5 Å². The molecule has 0 saturated heterocycles. The van der Waals surface area contributed by atoms with Gasteiger partial charge in [-0.05, 0) is 37.1 Å². The zero-order valence-electron chi connectivity index (χ0n) is 20.9. The van der Waals surface area contributed by atoms with E-state index >= 15 is 0 Å². The SMILES string of the molecule is C[Si](C)(C)CCOCn1ncc2[nH]c(-c3ccc(OC(F)F)c(OC4CC4)c3)c(-c3cn[nH]c3)c2c1=O. The Kier molecular flexibility index (Phi) is 6.86. The van der Waals surface area contributed by atoms with Gasteiger partial charge in [-0.1, -0.05) is 19.6 Å². The van der Waals surface area contributed by atoms with Crippen molar-refractivity contribution in [3.8, 4) is 33.9 Å². The molecule has 0 atom stereocenters. The van der Waals surface area contributed by atoms with Crippen LogP contribution in [0, 0.1) is 0 Å². The molecule has 12 heteroatoms. The molecule has 0 spiro atoms. The summed E-state index contributed by atoms with van der Waals surface area (Å²) in [7, 11) is -1.27. The predicted molar refractivity (Wildman–Crippen MR) is 138 cm³/mol. The molecule has 2 N–H and O–H groups in total. The molecular weight excluding hydrogens is 500 g/mol. The summed E-state index contributed by atoms with van der Waals surface area (Å²) < 4.78 is 43.5. The van der Waals surface area contributed by atoms with Crippen LogP contribution in [0.2, 0.25) is 25.7 Å². The van der Waals surface area contributed by atoms with E-state index in [2.05, 4.69) is 44.7 Å². The van der Waals surface area contributed by atoms with Gasteiger partial charge in [-0.25, -0.2) is 4.68 Å². The van der Waals surface area contributed by atoms with Gasteiger partial charge in [0.05, 0.1) is 35.1 Å². The summed E-state index contributed by atoms with van der Waals surface area (Å²) in [6.07, 6.45) is 6.59. The number of benzene rings is 1. The molecule has 1 saturated carbocycles. The van der Waals surface area contributed by atoms with E-state index in [9.17, 15) is 13.6 Å². The van der Waals surface area contributed by atoms with Crippen molar-refractivity contribution in [3.05, 3.63) is 47.1 Å². The number of nitrogens with one attached hydrogen (secondary N) is 2. The van der Waals surface area contributed by atoms with Gasteiger partial charge in [-0.15, -0.1) is 0 Å². The highest BCUT2D eigenvalue weighted by molar-refractivity contribution is 6.76. The standard InChI is InChI=1S/C25H29F2N5O4Si/c1-37(2,3)9-8-34-14-32-24(33)22-18(13-30-32)31-23(21(22)16-11-28-29-12-16)15-4-7-19(36-25(26)27)20(10-15)35-17-5-6-17/h4,7,10-13,17,25,31H,5-6,8-9,14H2,1-3H3,(H,28,29). The highest BCUT2D eigenvalue weighted by Crippen LogP contribution is 2.41. The number of fused-ring (bicyclic) bond motifs is 1. The Bertz CT molecular complexity index is 1440. The number of alkyl halides is 2. The maximum absolute atomic E-state index is 13.5. The fourth-order valence-corrected chi connectivity index (χ4v) is 4.73. The summed E-state index contributed by atoms with van der Waals surface area (Å²) in [5.74, 6) is 0.189. The van der Waals surface area contributed by atoms with Crippen molar-refractivity contribution in [2.45, 2.75) is 58.0 Å². The predicted octanol–water partition coefficient (Wildman–Crippen LogP) is 5.24. The lowest BCUT2D eigenvalue weighted by Gasteiger charge is -2.15. The van der Waals surface area contributed by atoms with E-state index in [0.29, 0.717) is 39.9 Å². The van der Waals surface area contributed by atoms with Crippen LogP contribution in [0.1, 0.15) is 12.8 Å². The second kappa shape index (κ2) is 10.1. The number of ether oxygens (including phenoxy) is 3. The first-order chi connectivity index (χ1) is 17.7. The first-order valence-corrected chi connectivity index (χ1v) is 15.8. The molecule has 1 fully saturated rings. The van der Waals surface area contributed by atoms with Gasteiger partial charge in [-0.2, -0.15) is 19.0 Å². The minimum absolute atomic E-state index is 0.0244. The van der Waals surface area contributed by atoms with Crippen molar-refractivity contribution < 1.29 is 23.0 Å². The van der Waals surface area contributed by atoms with Crippen LogP contribution < -0.4 is 15.0 Å². The van der Waals surface area contributed by atoms with Gasteiger partial charge in [0, 0.05) is 37.6 Å². The van der Waals surface area contributed by atoms with Gasteiger partial charge in [0.25, 0.3) is 5.56 Å². The van der Waals surface area contributed by atoms with Gasteiger partial charge in [-0.3, -0.25) is 9.89 Å². The summed E-state index contributed by atoms with van der Waals surface area (Å²) in [5, 5.41) is 11.6. The van der Waals surface area contributed by atoms with Crippen molar-refractivity contribution in [1.82, 2.24) is 25.0 Å². The Labute approximate surface area is 212 Å². The molecule has 1 aliphatic carbocycles. The van der Waals surface area contributed by atoms with E-state index in [1.54, 1.807) is 30.7 Å². The van der Waals surface area contributed by atoms with E-state index < -0.39 is 14.7 Å². The topological polar surface area (TPSA) is 107 Å². The third kappa shape index (κ3) is 5.75. The smallest absolute Gasteiger partial charge is 0.387 e. The monoisotopic (exact) mass is 529 g/mol. The molecule has 3 aromatic heterocycles. The van der Waals surface area contributed by atoms with Crippen LogP contribution in [0.25, 0.3) is 33.3 Å². The van der Waals surface area contributed by atoms with Gasteiger partial charge in [0.2, 0.25) is 0 Å². The fraction of sp³-hybridized carbons (Fsp3) is 0.400. The summed E-state index contributed by atoms with van der Waals surface area (Å²) >= 11 is 0. The Hall–Kier alpha value is -3.51. The number of rotatable bonds is 11. The third-order valence-corrected chi connectivity index (χ3v) is 7.77. The van der Waals surface area contributed by atoms with Crippen LogP contribution in [0.4, 0.5) is 8.78 Å². The van der Waals surface area contributed by atoms with Crippen LogP contribution in [0.3, 0.4) is 0 Å². The average Bonchev–Trinajstić information content (AvgIpc) is 3.32. The highest BCUT2D eigenvalue weighted by atomic mass is 28.3. The quantitative estimate of drug-likeness (QED) is 0.203. The first kappa shape index (κ1) is 25.1. The molecular formula is C25H29F2N5O4Si. The van der Waals surface area contributed by atoms with E-state index in [0.717, 1.165) is 18.9 Å². The molecule has 196 valence electrons. The molecule has 0 radical (unpaired) electrons. The lowest BCUT2D eigenvalue weighted by Crippen LogP contribution is -2.26. The number of H-pyrrole nitrogens is 2. The molecule has 1 aromatic carbocycles. The molecule has 9 nitrogen and oxygen atoms in total. The van der Waals surface area contributed by atoms with Crippen molar-refractivity contribution in [2.24, 2.45) is 0 Å². The maximum atomic E-state index is 13.5. The second-order valence-corrected chi connectivity index (χ2v) is 15.9. The lowest BCUT2D eigenvalue weighted by atomic mass is 10.0. The zero-order chi connectivity index (χ0) is 26.2. The minimum atomic E-state index is -2.97. The van der Waals surface area contributed by atoms with Crippen LogP contribution in [0.15, 0.2) is 41.6 Å². The normalized spacial score (nSPS) is 14.0. The number of aromatic nitrogens is 5. The Morgan fingerprint density at radius 1 is 1.16 bits per heavy atom. The summed E-state index contributed by atoms with van der Waals surface area (Å²) in [4.78, 5) is 16.8. The fourth-order valence-electron chi connectivity index (χ4n) is 3.98. The third-order valence-electron chi connectivity index (χ3n) is 6.07. The molecule has 5 rings (SSSR count). The molecule has 1 aliphatic rings.